The molecular weight excluding hydrogens is 238 g/mol. The summed E-state index contributed by atoms with van der Waals surface area (Å²) in [5.74, 6) is 0.508. The standard InChI is InChI=1S/C11H23N3O2S/c1-3-13(4-2)17(15,16)14-8-6-11-10(9-14)5-7-12-11/h10-12H,3-9H2,1-2H3. The van der Waals surface area contributed by atoms with Crippen LogP contribution in [0.25, 0.3) is 0 Å². The van der Waals surface area contributed by atoms with Gasteiger partial charge < -0.3 is 5.32 Å². The van der Waals surface area contributed by atoms with Crippen molar-refractivity contribution in [1.82, 2.24) is 13.9 Å². The molecule has 1 N–H and O–H groups in total. The van der Waals surface area contributed by atoms with Crippen molar-refractivity contribution >= 4 is 10.2 Å². The van der Waals surface area contributed by atoms with Crippen molar-refractivity contribution in [2.45, 2.75) is 32.7 Å². The molecule has 0 bridgehead atoms. The number of rotatable bonds is 4. The second-order valence-corrected chi connectivity index (χ2v) is 6.78. The molecule has 2 unspecified atom stereocenters. The average Bonchev–Trinajstić information content (AvgIpc) is 2.77. The van der Waals surface area contributed by atoms with Gasteiger partial charge in [-0.3, -0.25) is 0 Å². The molecule has 2 aliphatic rings. The largest absolute Gasteiger partial charge is 0.314 e. The lowest BCUT2D eigenvalue weighted by Crippen LogP contribution is -2.51. The van der Waals surface area contributed by atoms with Crippen LogP contribution in [0.3, 0.4) is 0 Å². The molecule has 2 fully saturated rings. The summed E-state index contributed by atoms with van der Waals surface area (Å²) in [5, 5.41) is 3.45. The van der Waals surface area contributed by atoms with E-state index in [1.54, 1.807) is 8.61 Å². The summed E-state index contributed by atoms with van der Waals surface area (Å²) in [7, 11) is -3.22. The fourth-order valence-corrected chi connectivity index (χ4v) is 4.63. The van der Waals surface area contributed by atoms with Crippen LogP contribution in [0.1, 0.15) is 26.7 Å². The Morgan fingerprint density at radius 2 is 2.00 bits per heavy atom. The summed E-state index contributed by atoms with van der Waals surface area (Å²) in [4.78, 5) is 0. The Morgan fingerprint density at radius 3 is 2.65 bits per heavy atom. The molecule has 0 aliphatic carbocycles. The predicted molar refractivity (Wildman–Crippen MR) is 67.9 cm³/mol. The fourth-order valence-electron chi connectivity index (χ4n) is 2.94. The van der Waals surface area contributed by atoms with Gasteiger partial charge in [-0.1, -0.05) is 13.8 Å². The Labute approximate surface area is 104 Å². The Balaban J connectivity index is 2.07. The van der Waals surface area contributed by atoms with Crippen LogP contribution in [0.2, 0.25) is 0 Å². The lowest BCUT2D eigenvalue weighted by molar-refractivity contribution is 0.232. The van der Waals surface area contributed by atoms with Crippen LogP contribution < -0.4 is 5.32 Å². The third kappa shape index (κ3) is 2.50. The van der Waals surface area contributed by atoms with Gasteiger partial charge in [0.15, 0.2) is 0 Å². The van der Waals surface area contributed by atoms with Crippen molar-refractivity contribution in [1.29, 1.82) is 0 Å². The first-order valence-electron chi connectivity index (χ1n) is 6.58. The Kier molecular flexibility index (Phi) is 4.07. The van der Waals surface area contributed by atoms with Gasteiger partial charge >= 0.3 is 0 Å². The van der Waals surface area contributed by atoms with E-state index in [1.165, 1.54) is 0 Å². The van der Waals surface area contributed by atoms with Crippen molar-refractivity contribution in [2.75, 3.05) is 32.7 Å². The number of piperidine rings is 1. The molecule has 0 radical (unpaired) electrons. The first kappa shape index (κ1) is 13.3. The number of nitrogens with one attached hydrogen (secondary N) is 1. The van der Waals surface area contributed by atoms with E-state index in [-0.39, 0.29) is 0 Å². The van der Waals surface area contributed by atoms with Crippen LogP contribution in [0.5, 0.6) is 0 Å². The second-order valence-electron chi connectivity index (χ2n) is 4.85. The maximum absolute atomic E-state index is 12.4. The summed E-state index contributed by atoms with van der Waals surface area (Å²) in [6.45, 7) is 7.29. The summed E-state index contributed by atoms with van der Waals surface area (Å²) >= 11 is 0. The van der Waals surface area contributed by atoms with Crippen molar-refractivity contribution in [2.24, 2.45) is 5.92 Å². The highest BCUT2D eigenvalue weighted by atomic mass is 32.2. The van der Waals surface area contributed by atoms with E-state index >= 15 is 0 Å². The molecule has 2 atom stereocenters. The lowest BCUT2D eigenvalue weighted by Gasteiger charge is -2.36. The summed E-state index contributed by atoms with van der Waals surface area (Å²) < 4.78 is 28.0. The Bertz CT molecular complexity index is 354. The Morgan fingerprint density at radius 1 is 1.29 bits per heavy atom. The molecule has 5 nitrogen and oxygen atoms in total. The summed E-state index contributed by atoms with van der Waals surface area (Å²) in [6.07, 6.45) is 2.06. The molecule has 0 aromatic carbocycles. The normalized spacial score (nSPS) is 30.8. The molecule has 0 aromatic heterocycles. The van der Waals surface area contributed by atoms with E-state index in [4.69, 9.17) is 0 Å². The minimum absolute atomic E-state index is 0.508. The third-order valence-corrected chi connectivity index (χ3v) is 6.13. The molecule has 2 heterocycles. The van der Waals surface area contributed by atoms with Gasteiger partial charge in [-0.25, -0.2) is 0 Å². The predicted octanol–water partition coefficient (Wildman–Crippen LogP) is 0.257. The van der Waals surface area contributed by atoms with E-state index in [9.17, 15) is 8.42 Å². The zero-order chi connectivity index (χ0) is 12.5. The van der Waals surface area contributed by atoms with Gasteiger partial charge in [-0.2, -0.15) is 17.0 Å². The number of fused-ring (bicyclic) bond motifs is 1. The maximum atomic E-state index is 12.4. The highest BCUT2D eigenvalue weighted by molar-refractivity contribution is 7.86. The highest BCUT2D eigenvalue weighted by Crippen LogP contribution is 2.26. The zero-order valence-electron chi connectivity index (χ0n) is 10.7. The van der Waals surface area contributed by atoms with Crippen molar-refractivity contribution in [3.63, 3.8) is 0 Å². The quantitative estimate of drug-likeness (QED) is 0.789. The van der Waals surface area contributed by atoms with E-state index < -0.39 is 10.2 Å². The maximum Gasteiger partial charge on any atom is 0.281 e. The molecule has 6 heteroatoms. The molecule has 2 aliphatic heterocycles. The van der Waals surface area contributed by atoms with Gasteiger partial charge in [0.2, 0.25) is 0 Å². The molecule has 17 heavy (non-hydrogen) atoms. The lowest BCUT2D eigenvalue weighted by atomic mass is 9.95. The topological polar surface area (TPSA) is 52.7 Å². The molecule has 2 saturated heterocycles. The molecule has 2 rings (SSSR count). The van der Waals surface area contributed by atoms with Crippen LogP contribution in [-0.2, 0) is 10.2 Å². The first-order valence-corrected chi connectivity index (χ1v) is 7.97. The summed E-state index contributed by atoms with van der Waals surface area (Å²) in [6, 6.07) is 0.540. The van der Waals surface area contributed by atoms with E-state index in [2.05, 4.69) is 5.32 Å². The van der Waals surface area contributed by atoms with Crippen LogP contribution in [0, 0.1) is 5.92 Å². The minimum atomic E-state index is -3.22. The molecule has 0 spiro atoms. The number of hydrogen-bond acceptors (Lipinski definition) is 3. The number of nitrogens with zero attached hydrogens (tertiary/aromatic N) is 2. The second kappa shape index (κ2) is 5.22. The Hall–Kier alpha value is -0.170. The SMILES string of the molecule is CCN(CC)S(=O)(=O)N1CCC2NCCC2C1. The zero-order valence-corrected chi connectivity index (χ0v) is 11.5. The van der Waals surface area contributed by atoms with Gasteiger partial charge in [0, 0.05) is 32.2 Å². The van der Waals surface area contributed by atoms with Gasteiger partial charge in [0.25, 0.3) is 10.2 Å². The average molecular weight is 261 g/mol. The van der Waals surface area contributed by atoms with Crippen LogP contribution in [0.15, 0.2) is 0 Å². The van der Waals surface area contributed by atoms with E-state index in [1.807, 2.05) is 13.8 Å². The highest BCUT2D eigenvalue weighted by Gasteiger charge is 2.38. The summed E-state index contributed by atoms with van der Waals surface area (Å²) in [5.41, 5.74) is 0. The molecule has 0 saturated carbocycles. The van der Waals surface area contributed by atoms with Crippen molar-refractivity contribution < 1.29 is 8.42 Å². The van der Waals surface area contributed by atoms with Gasteiger partial charge in [-0.05, 0) is 25.3 Å². The molecule has 100 valence electrons. The molecule has 0 amide bonds. The van der Waals surface area contributed by atoms with Gasteiger partial charge in [0.1, 0.15) is 0 Å². The van der Waals surface area contributed by atoms with Crippen molar-refractivity contribution in [3.05, 3.63) is 0 Å². The van der Waals surface area contributed by atoms with Crippen LogP contribution in [0.4, 0.5) is 0 Å². The van der Waals surface area contributed by atoms with Crippen LogP contribution in [-0.4, -0.2) is 55.8 Å². The minimum Gasteiger partial charge on any atom is -0.314 e. The molecule has 0 aromatic rings. The first-order chi connectivity index (χ1) is 8.09. The van der Waals surface area contributed by atoms with Crippen molar-refractivity contribution in [3.8, 4) is 0 Å². The number of hydrogen-bond donors (Lipinski definition) is 1. The van der Waals surface area contributed by atoms with Gasteiger partial charge in [0.05, 0.1) is 0 Å². The fraction of sp³-hybridized carbons (Fsp3) is 1.00. The van der Waals surface area contributed by atoms with E-state index in [0.717, 1.165) is 19.4 Å². The monoisotopic (exact) mass is 261 g/mol. The van der Waals surface area contributed by atoms with Crippen LogP contribution >= 0.6 is 0 Å². The third-order valence-electron chi connectivity index (χ3n) is 3.98. The van der Waals surface area contributed by atoms with E-state index in [0.29, 0.717) is 38.1 Å². The smallest absolute Gasteiger partial charge is 0.281 e. The molecular formula is C11H23N3O2S. The van der Waals surface area contributed by atoms with Gasteiger partial charge in [-0.15, -0.1) is 0 Å².